The van der Waals surface area contributed by atoms with Gasteiger partial charge in [-0.05, 0) is 74.4 Å². The Morgan fingerprint density at radius 2 is 0.902 bits per heavy atom. The van der Waals surface area contributed by atoms with Crippen LogP contribution in [0.2, 0.25) is 0 Å². The number of furan rings is 2. The fourth-order valence-electron chi connectivity index (χ4n) is 5.78. The van der Waals surface area contributed by atoms with Crippen molar-refractivity contribution in [3.63, 3.8) is 0 Å². The summed E-state index contributed by atoms with van der Waals surface area (Å²) in [4.78, 5) is 4.63. The standard InChI is InChI=1S/C37H30N2O2/c1-25-14-15-32-33(20-25)37(39(31-17-19-41-24-31)29-12-8-5-9-13-29)35-22-27(3)26(2)21-34(35)36(32)38(30-16-18-40-23-30)28-10-6-4-7-11-28/h4-24H,1-3H3. The summed E-state index contributed by atoms with van der Waals surface area (Å²) >= 11 is 0. The van der Waals surface area contributed by atoms with Crippen LogP contribution in [-0.4, -0.2) is 0 Å². The number of para-hydroxylation sites is 2. The molecule has 0 unspecified atom stereocenters. The molecule has 41 heavy (non-hydrogen) atoms. The monoisotopic (exact) mass is 534 g/mol. The first-order valence-electron chi connectivity index (χ1n) is 13.8. The van der Waals surface area contributed by atoms with Gasteiger partial charge in [0.1, 0.15) is 12.5 Å². The molecule has 4 nitrogen and oxygen atoms in total. The van der Waals surface area contributed by atoms with Gasteiger partial charge in [-0.3, -0.25) is 0 Å². The molecular weight excluding hydrogens is 504 g/mol. The van der Waals surface area contributed by atoms with Crippen LogP contribution in [0.3, 0.4) is 0 Å². The highest BCUT2D eigenvalue weighted by Gasteiger charge is 2.26. The summed E-state index contributed by atoms with van der Waals surface area (Å²) in [6, 6.07) is 36.5. The lowest BCUT2D eigenvalue weighted by atomic mass is 9.92. The van der Waals surface area contributed by atoms with E-state index >= 15 is 0 Å². The van der Waals surface area contributed by atoms with Crippen LogP contribution in [-0.2, 0) is 0 Å². The maximum absolute atomic E-state index is 5.64. The second-order valence-electron chi connectivity index (χ2n) is 10.5. The lowest BCUT2D eigenvalue weighted by Gasteiger charge is -2.32. The summed E-state index contributed by atoms with van der Waals surface area (Å²) in [6.07, 6.45) is 7.10. The minimum absolute atomic E-state index is 0.972. The van der Waals surface area contributed by atoms with Gasteiger partial charge in [0.15, 0.2) is 0 Å². The van der Waals surface area contributed by atoms with Crippen molar-refractivity contribution in [1.29, 1.82) is 0 Å². The number of nitrogens with zero attached hydrogens (tertiary/aromatic N) is 2. The molecule has 0 bridgehead atoms. The summed E-state index contributed by atoms with van der Waals surface area (Å²) < 4.78 is 11.3. The Kier molecular flexibility index (Phi) is 6.09. The van der Waals surface area contributed by atoms with Gasteiger partial charge < -0.3 is 18.6 Å². The quantitative estimate of drug-likeness (QED) is 0.157. The summed E-state index contributed by atoms with van der Waals surface area (Å²) in [6.45, 7) is 6.53. The van der Waals surface area contributed by atoms with Gasteiger partial charge in [-0.15, -0.1) is 0 Å². The zero-order valence-corrected chi connectivity index (χ0v) is 23.3. The van der Waals surface area contributed by atoms with E-state index in [1.165, 1.54) is 16.7 Å². The fourth-order valence-corrected chi connectivity index (χ4v) is 5.78. The molecule has 0 saturated carbocycles. The third-order valence-electron chi connectivity index (χ3n) is 7.83. The Labute approximate surface area is 239 Å². The molecule has 0 aliphatic rings. The molecule has 0 saturated heterocycles. The highest BCUT2D eigenvalue weighted by atomic mass is 16.3. The van der Waals surface area contributed by atoms with Crippen LogP contribution < -0.4 is 9.80 Å². The molecule has 7 rings (SSSR count). The van der Waals surface area contributed by atoms with Crippen molar-refractivity contribution >= 4 is 55.7 Å². The first-order valence-corrected chi connectivity index (χ1v) is 13.8. The molecule has 0 spiro atoms. The summed E-state index contributed by atoms with van der Waals surface area (Å²) in [5.74, 6) is 0. The molecule has 0 radical (unpaired) electrons. The zero-order chi connectivity index (χ0) is 27.9. The first kappa shape index (κ1) is 24.8. The normalized spacial score (nSPS) is 11.3. The fraction of sp³-hybridized carbons (Fsp3) is 0.0811. The lowest BCUT2D eigenvalue weighted by molar-refractivity contribution is 0.567. The molecule has 4 heteroatoms. The number of hydrogen-bond acceptors (Lipinski definition) is 4. The zero-order valence-electron chi connectivity index (χ0n) is 23.3. The van der Waals surface area contributed by atoms with E-state index in [9.17, 15) is 0 Å². The average Bonchev–Trinajstić information content (AvgIpc) is 3.72. The Morgan fingerprint density at radius 3 is 1.37 bits per heavy atom. The van der Waals surface area contributed by atoms with Gasteiger partial charge in [0.2, 0.25) is 0 Å². The van der Waals surface area contributed by atoms with Crippen molar-refractivity contribution in [2.45, 2.75) is 20.8 Å². The maximum Gasteiger partial charge on any atom is 0.114 e. The molecule has 0 fully saturated rings. The molecule has 2 aromatic heterocycles. The van der Waals surface area contributed by atoms with E-state index < -0.39 is 0 Å². The van der Waals surface area contributed by atoms with E-state index in [0.717, 1.165) is 55.7 Å². The highest BCUT2D eigenvalue weighted by Crippen LogP contribution is 2.51. The molecule has 7 aromatic rings. The van der Waals surface area contributed by atoms with Crippen LogP contribution >= 0.6 is 0 Å². The van der Waals surface area contributed by atoms with Crippen molar-refractivity contribution in [2.24, 2.45) is 0 Å². The van der Waals surface area contributed by atoms with Gasteiger partial charge in [-0.2, -0.15) is 0 Å². The molecular formula is C37H30N2O2. The van der Waals surface area contributed by atoms with E-state index in [-0.39, 0.29) is 0 Å². The van der Waals surface area contributed by atoms with Crippen LogP contribution in [0.5, 0.6) is 0 Å². The molecule has 0 atom stereocenters. The van der Waals surface area contributed by atoms with E-state index in [2.05, 4.69) is 122 Å². The van der Waals surface area contributed by atoms with E-state index in [1.807, 2.05) is 24.7 Å². The number of benzene rings is 5. The van der Waals surface area contributed by atoms with E-state index in [4.69, 9.17) is 8.83 Å². The Bertz CT molecular complexity index is 1960. The number of anilines is 6. The van der Waals surface area contributed by atoms with Gasteiger partial charge in [-0.25, -0.2) is 0 Å². The third-order valence-corrected chi connectivity index (χ3v) is 7.83. The predicted molar refractivity (Wildman–Crippen MR) is 170 cm³/mol. The number of aryl methyl sites for hydroxylation is 3. The van der Waals surface area contributed by atoms with Gasteiger partial charge in [0.05, 0.1) is 35.3 Å². The predicted octanol–water partition coefficient (Wildman–Crippen LogP) is 11.0. The lowest BCUT2D eigenvalue weighted by Crippen LogP contribution is -2.14. The molecule has 5 aromatic carbocycles. The second-order valence-corrected chi connectivity index (χ2v) is 10.5. The minimum Gasteiger partial charge on any atom is -0.470 e. The molecule has 2 heterocycles. The number of rotatable bonds is 6. The van der Waals surface area contributed by atoms with Gasteiger partial charge >= 0.3 is 0 Å². The van der Waals surface area contributed by atoms with Crippen molar-refractivity contribution in [1.82, 2.24) is 0 Å². The summed E-state index contributed by atoms with van der Waals surface area (Å²) in [7, 11) is 0. The van der Waals surface area contributed by atoms with E-state index in [1.54, 1.807) is 12.5 Å². The Balaban J connectivity index is 1.68. The van der Waals surface area contributed by atoms with Crippen molar-refractivity contribution < 1.29 is 8.83 Å². The van der Waals surface area contributed by atoms with Crippen LogP contribution in [0.25, 0.3) is 21.5 Å². The van der Waals surface area contributed by atoms with Crippen LogP contribution in [0.1, 0.15) is 16.7 Å². The molecule has 0 aliphatic heterocycles. The topological polar surface area (TPSA) is 32.8 Å². The largest absolute Gasteiger partial charge is 0.470 e. The molecule has 200 valence electrons. The molecule has 0 N–H and O–H groups in total. The SMILES string of the molecule is Cc1ccc2c(N(c3ccccc3)c3ccoc3)c3cc(C)c(C)cc3c(N(c3ccccc3)c3ccoc3)c2c1. The van der Waals surface area contributed by atoms with Crippen LogP contribution in [0.4, 0.5) is 34.1 Å². The first-order chi connectivity index (χ1) is 20.1. The molecule has 0 amide bonds. The van der Waals surface area contributed by atoms with Gasteiger partial charge in [-0.1, -0.05) is 54.1 Å². The second kappa shape index (κ2) is 10.1. The van der Waals surface area contributed by atoms with Gasteiger partial charge in [0, 0.05) is 45.1 Å². The van der Waals surface area contributed by atoms with Crippen LogP contribution in [0.15, 0.2) is 137 Å². The third kappa shape index (κ3) is 4.25. The molecule has 0 aliphatic carbocycles. The van der Waals surface area contributed by atoms with Crippen LogP contribution in [0, 0.1) is 20.8 Å². The Hall–Kier alpha value is -5.22. The summed E-state index contributed by atoms with van der Waals surface area (Å²) in [5, 5.41) is 4.63. The smallest absolute Gasteiger partial charge is 0.114 e. The van der Waals surface area contributed by atoms with Gasteiger partial charge in [0.25, 0.3) is 0 Å². The van der Waals surface area contributed by atoms with Crippen molar-refractivity contribution in [3.8, 4) is 0 Å². The van der Waals surface area contributed by atoms with Crippen molar-refractivity contribution in [3.05, 3.63) is 145 Å². The Morgan fingerprint density at radius 1 is 0.439 bits per heavy atom. The maximum atomic E-state index is 5.64. The number of hydrogen-bond donors (Lipinski definition) is 0. The van der Waals surface area contributed by atoms with E-state index in [0.29, 0.717) is 0 Å². The highest BCUT2D eigenvalue weighted by molar-refractivity contribution is 6.23. The summed E-state index contributed by atoms with van der Waals surface area (Å²) in [5.41, 5.74) is 10.0. The average molecular weight is 535 g/mol. The minimum atomic E-state index is 0.972. The number of fused-ring (bicyclic) bond motifs is 2. The van der Waals surface area contributed by atoms with Crippen molar-refractivity contribution in [2.75, 3.05) is 9.80 Å².